The minimum Gasteiger partial charge on any atom is -0.368 e. The fourth-order valence-electron chi connectivity index (χ4n) is 2.23. The van der Waals surface area contributed by atoms with Crippen LogP contribution < -0.4 is 5.32 Å². The summed E-state index contributed by atoms with van der Waals surface area (Å²) in [6.07, 6.45) is 0. The van der Waals surface area contributed by atoms with E-state index in [2.05, 4.69) is 43.2 Å². The molecule has 1 rings (SSSR count). The zero-order chi connectivity index (χ0) is 15.3. The molecule has 0 fully saturated rings. The third-order valence-electron chi connectivity index (χ3n) is 3.52. The molecule has 0 aliphatic rings. The van der Waals surface area contributed by atoms with Crippen LogP contribution in [0, 0.1) is 17.8 Å². The first kappa shape index (κ1) is 16.4. The van der Waals surface area contributed by atoms with Crippen molar-refractivity contribution in [1.82, 2.24) is 15.1 Å². The van der Waals surface area contributed by atoms with Gasteiger partial charge in [-0.3, -0.25) is 4.79 Å². The van der Waals surface area contributed by atoms with Crippen LogP contribution >= 0.6 is 0 Å². The lowest BCUT2D eigenvalue weighted by Crippen LogP contribution is -2.25. The summed E-state index contributed by atoms with van der Waals surface area (Å²) in [4.78, 5) is 13.2. The van der Waals surface area contributed by atoms with Gasteiger partial charge < -0.3 is 10.2 Å². The Balaban J connectivity index is 2.64. The van der Waals surface area contributed by atoms with E-state index in [1.807, 2.05) is 0 Å². The summed E-state index contributed by atoms with van der Waals surface area (Å²) in [6, 6.07) is 3.51. The number of carbonyl (C=O) groups excluding carboxylic acids is 1. The fourth-order valence-corrected chi connectivity index (χ4v) is 2.23. The Morgan fingerprint density at radius 1 is 1.15 bits per heavy atom. The van der Waals surface area contributed by atoms with Crippen LogP contribution in [0.5, 0.6) is 0 Å². The predicted molar refractivity (Wildman–Crippen MR) is 81.7 cm³/mol. The molecule has 0 bridgehead atoms. The molecule has 0 radical (unpaired) electrons. The van der Waals surface area contributed by atoms with E-state index in [1.54, 1.807) is 26.2 Å². The molecule has 1 aromatic heterocycles. The first-order valence-corrected chi connectivity index (χ1v) is 7.12. The van der Waals surface area contributed by atoms with Crippen LogP contribution in [0.3, 0.4) is 0 Å². The average Bonchev–Trinajstić information content (AvgIpc) is 2.38. The SMILES string of the molecule is CC(C)C(CNc1ccc(C(=O)N(C)C)nn1)C(C)C. The van der Waals surface area contributed by atoms with Gasteiger partial charge in [-0.2, -0.15) is 0 Å². The number of rotatable bonds is 6. The summed E-state index contributed by atoms with van der Waals surface area (Å²) < 4.78 is 0. The van der Waals surface area contributed by atoms with Gasteiger partial charge in [0.05, 0.1) is 0 Å². The van der Waals surface area contributed by atoms with E-state index in [4.69, 9.17) is 0 Å². The molecule has 112 valence electrons. The van der Waals surface area contributed by atoms with Crippen LogP contribution in [0.1, 0.15) is 38.2 Å². The number of nitrogens with zero attached hydrogens (tertiary/aromatic N) is 3. The Hall–Kier alpha value is -1.65. The van der Waals surface area contributed by atoms with Crippen LogP contribution in [-0.2, 0) is 0 Å². The van der Waals surface area contributed by atoms with E-state index in [9.17, 15) is 4.79 Å². The average molecular weight is 278 g/mol. The monoisotopic (exact) mass is 278 g/mol. The highest BCUT2D eigenvalue weighted by molar-refractivity contribution is 5.91. The van der Waals surface area contributed by atoms with E-state index in [0.29, 0.717) is 29.3 Å². The number of aromatic nitrogens is 2. The first-order valence-electron chi connectivity index (χ1n) is 7.12. The lowest BCUT2D eigenvalue weighted by atomic mass is 9.85. The molecule has 0 aliphatic heterocycles. The summed E-state index contributed by atoms with van der Waals surface area (Å²) >= 11 is 0. The van der Waals surface area contributed by atoms with Crippen LogP contribution in [0.4, 0.5) is 5.82 Å². The maximum atomic E-state index is 11.7. The maximum absolute atomic E-state index is 11.7. The van der Waals surface area contributed by atoms with Gasteiger partial charge in [-0.1, -0.05) is 27.7 Å². The molecule has 5 heteroatoms. The van der Waals surface area contributed by atoms with Gasteiger partial charge in [0, 0.05) is 20.6 Å². The lowest BCUT2D eigenvalue weighted by Gasteiger charge is -2.25. The zero-order valence-electron chi connectivity index (χ0n) is 13.3. The Morgan fingerprint density at radius 3 is 2.15 bits per heavy atom. The number of anilines is 1. The third kappa shape index (κ3) is 4.47. The van der Waals surface area contributed by atoms with E-state index in [0.717, 1.165) is 6.54 Å². The van der Waals surface area contributed by atoms with Crippen molar-refractivity contribution < 1.29 is 4.79 Å². The van der Waals surface area contributed by atoms with Crippen molar-refractivity contribution in [3.8, 4) is 0 Å². The van der Waals surface area contributed by atoms with E-state index in [-0.39, 0.29) is 5.91 Å². The number of amides is 1. The van der Waals surface area contributed by atoms with Gasteiger partial charge in [0.1, 0.15) is 5.82 Å². The smallest absolute Gasteiger partial charge is 0.273 e. The highest BCUT2D eigenvalue weighted by atomic mass is 16.2. The van der Waals surface area contributed by atoms with Gasteiger partial charge in [-0.25, -0.2) is 0 Å². The second-order valence-electron chi connectivity index (χ2n) is 6.04. The molecule has 0 aliphatic carbocycles. The summed E-state index contributed by atoms with van der Waals surface area (Å²) in [6.45, 7) is 9.80. The molecule has 0 saturated carbocycles. The van der Waals surface area contributed by atoms with Crippen molar-refractivity contribution in [2.75, 3.05) is 26.0 Å². The van der Waals surface area contributed by atoms with Crippen LogP contribution in [0.25, 0.3) is 0 Å². The molecular weight excluding hydrogens is 252 g/mol. The van der Waals surface area contributed by atoms with Crippen molar-refractivity contribution in [2.45, 2.75) is 27.7 Å². The molecule has 1 aromatic rings. The summed E-state index contributed by atoms with van der Waals surface area (Å²) in [7, 11) is 3.40. The highest BCUT2D eigenvalue weighted by Crippen LogP contribution is 2.20. The van der Waals surface area contributed by atoms with Crippen molar-refractivity contribution in [1.29, 1.82) is 0 Å². The minimum absolute atomic E-state index is 0.133. The number of hydrogen-bond donors (Lipinski definition) is 1. The summed E-state index contributed by atoms with van der Waals surface area (Å²) in [5.74, 6) is 2.40. The summed E-state index contributed by atoms with van der Waals surface area (Å²) in [5, 5.41) is 11.3. The van der Waals surface area contributed by atoms with Crippen LogP contribution in [-0.4, -0.2) is 41.6 Å². The molecule has 0 unspecified atom stereocenters. The molecule has 5 nitrogen and oxygen atoms in total. The molecule has 0 atom stereocenters. The second kappa shape index (κ2) is 7.22. The predicted octanol–water partition coefficient (Wildman–Crippen LogP) is 2.52. The second-order valence-corrected chi connectivity index (χ2v) is 6.04. The molecule has 0 spiro atoms. The molecule has 1 N–H and O–H groups in total. The van der Waals surface area contributed by atoms with Gasteiger partial charge in [0.15, 0.2) is 5.69 Å². The Morgan fingerprint density at radius 2 is 1.75 bits per heavy atom. The topological polar surface area (TPSA) is 58.1 Å². The van der Waals surface area contributed by atoms with Gasteiger partial charge in [-0.05, 0) is 29.9 Å². The number of hydrogen-bond acceptors (Lipinski definition) is 4. The molecule has 20 heavy (non-hydrogen) atoms. The third-order valence-corrected chi connectivity index (χ3v) is 3.52. The standard InChI is InChI=1S/C15H26N4O/c1-10(2)12(11(3)4)9-16-14-8-7-13(17-18-14)15(20)19(5)6/h7-8,10-12H,9H2,1-6H3,(H,16,18). The highest BCUT2D eigenvalue weighted by Gasteiger charge is 2.17. The molecule has 0 aromatic carbocycles. The van der Waals surface area contributed by atoms with E-state index >= 15 is 0 Å². The molecular formula is C15H26N4O. The van der Waals surface area contributed by atoms with Crippen LogP contribution in [0.2, 0.25) is 0 Å². The first-order chi connectivity index (χ1) is 9.32. The Bertz CT molecular complexity index is 418. The number of nitrogens with one attached hydrogen (secondary N) is 1. The van der Waals surface area contributed by atoms with E-state index < -0.39 is 0 Å². The quantitative estimate of drug-likeness (QED) is 0.868. The minimum atomic E-state index is -0.133. The maximum Gasteiger partial charge on any atom is 0.273 e. The van der Waals surface area contributed by atoms with Gasteiger partial charge in [0.25, 0.3) is 5.91 Å². The molecule has 0 saturated heterocycles. The largest absolute Gasteiger partial charge is 0.368 e. The summed E-state index contributed by atoms with van der Waals surface area (Å²) in [5.41, 5.74) is 0.366. The Kier molecular flexibility index (Phi) is 5.92. The Labute approximate surface area is 121 Å². The van der Waals surface area contributed by atoms with Crippen LogP contribution in [0.15, 0.2) is 12.1 Å². The van der Waals surface area contributed by atoms with E-state index in [1.165, 1.54) is 4.90 Å². The fraction of sp³-hybridized carbons (Fsp3) is 0.667. The van der Waals surface area contributed by atoms with Crippen molar-refractivity contribution in [2.24, 2.45) is 17.8 Å². The normalized spacial score (nSPS) is 11.2. The lowest BCUT2D eigenvalue weighted by molar-refractivity contribution is 0.0821. The van der Waals surface area contributed by atoms with Gasteiger partial charge in [0.2, 0.25) is 0 Å². The van der Waals surface area contributed by atoms with Gasteiger partial charge in [-0.15, -0.1) is 10.2 Å². The van der Waals surface area contributed by atoms with Crippen molar-refractivity contribution in [3.63, 3.8) is 0 Å². The van der Waals surface area contributed by atoms with Crippen molar-refractivity contribution >= 4 is 11.7 Å². The van der Waals surface area contributed by atoms with Crippen molar-refractivity contribution in [3.05, 3.63) is 17.8 Å². The molecule has 1 heterocycles. The zero-order valence-corrected chi connectivity index (χ0v) is 13.3. The number of carbonyl (C=O) groups is 1. The van der Waals surface area contributed by atoms with Gasteiger partial charge >= 0.3 is 0 Å². The molecule has 1 amide bonds.